The van der Waals surface area contributed by atoms with E-state index in [-0.39, 0.29) is 29.8 Å². The maximum absolute atomic E-state index is 12.7. The number of ether oxygens (including phenoxy) is 1. The molecule has 1 fully saturated rings. The molecule has 24 heavy (non-hydrogen) atoms. The predicted octanol–water partition coefficient (Wildman–Crippen LogP) is 2.06. The molecule has 0 bridgehead atoms. The van der Waals surface area contributed by atoms with Crippen molar-refractivity contribution in [3.05, 3.63) is 24.3 Å². The van der Waals surface area contributed by atoms with E-state index in [9.17, 15) is 16.8 Å². The van der Waals surface area contributed by atoms with E-state index in [1.54, 1.807) is 19.1 Å². The molecule has 0 aliphatic carbocycles. The Morgan fingerprint density at radius 1 is 1.08 bits per heavy atom. The molecule has 0 radical (unpaired) electrons. The van der Waals surface area contributed by atoms with Crippen molar-refractivity contribution in [3.8, 4) is 5.75 Å². The van der Waals surface area contributed by atoms with Crippen LogP contribution in [0.2, 0.25) is 0 Å². The predicted molar refractivity (Wildman–Crippen MR) is 93.4 cm³/mol. The van der Waals surface area contributed by atoms with Gasteiger partial charge >= 0.3 is 0 Å². The van der Waals surface area contributed by atoms with Crippen molar-refractivity contribution >= 4 is 19.9 Å². The quantitative estimate of drug-likeness (QED) is 0.760. The molecule has 136 valence electrons. The van der Waals surface area contributed by atoms with Crippen LogP contribution in [0, 0.1) is 0 Å². The topological polar surface area (TPSA) is 80.8 Å². The standard InChI is InChI=1S/C16H25NO5S2/c1-4-23(18,19)15-9-11-17(12-10-15)24(20,21)16-7-5-14(6-8-16)22-13(2)3/h5-8,13,15H,4,9-12H2,1-3H3. The zero-order chi connectivity index (χ0) is 18.0. The molecule has 1 aromatic rings. The van der Waals surface area contributed by atoms with E-state index < -0.39 is 25.1 Å². The van der Waals surface area contributed by atoms with Crippen LogP contribution in [0.1, 0.15) is 33.6 Å². The van der Waals surface area contributed by atoms with Crippen molar-refractivity contribution in [3.63, 3.8) is 0 Å². The summed E-state index contributed by atoms with van der Waals surface area (Å²) >= 11 is 0. The summed E-state index contributed by atoms with van der Waals surface area (Å²) in [5.41, 5.74) is 0. The van der Waals surface area contributed by atoms with Crippen molar-refractivity contribution in [2.75, 3.05) is 18.8 Å². The molecule has 1 heterocycles. The van der Waals surface area contributed by atoms with Crippen LogP contribution in [0.5, 0.6) is 5.75 Å². The van der Waals surface area contributed by atoms with Gasteiger partial charge in [0.25, 0.3) is 0 Å². The Labute approximate surface area is 144 Å². The van der Waals surface area contributed by atoms with E-state index in [1.165, 1.54) is 16.4 Å². The van der Waals surface area contributed by atoms with Crippen LogP contribution in [-0.4, -0.2) is 51.3 Å². The van der Waals surface area contributed by atoms with Gasteiger partial charge in [-0.15, -0.1) is 0 Å². The fourth-order valence-corrected chi connectivity index (χ4v) is 5.65. The number of rotatable bonds is 6. The summed E-state index contributed by atoms with van der Waals surface area (Å²) in [5.74, 6) is 0.721. The summed E-state index contributed by atoms with van der Waals surface area (Å²) in [5, 5.41) is -0.434. The van der Waals surface area contributed by atoms with Crippen molar-refractivity contribution in [2.24, 2.45) is 0 Å². The summed E-state index contributed by atoms with van der Waals surface area (Å²) in [4.78, 5) is 0.204. The van der Waals surface area contributed by atoms with Gasteiger partial charge in [0.15, 0.2) is 9.84 Å². The first-order valence-electron chi connectivity index (χ1n) is 8.15. The van der Waals surface area contributed by atoms with Gasteiger partial charge in [-0.3, -0.25) is 0 Å². The van der Waals surface area contributed by atoms with Crippen LogP contribution >= 0.6 is 0 Å². The third-order valence-electron chi connectivity index (χ3n) is 4.14. The van der Waals surface area contributed by atoms with Gasteiger partial charge in [-0.25, -0.2) is 16.8 Å². The molecule has 0 aromatic heterocycles. The minimum atomic E-state index is -3.60. The Hall–Kier alpha value is -1.12. The van der Waals surface area contributed by atoms with Crippen LogP contribution in [0.3, 0.4) is 0 Å². The van der Waals surface area contributed by atoms with E-state index in [1.807, 2.05) is 13.8 Å². The molecule has 0 N–H and O–H groups in total. The maximum Gasteiger partial charge on any atom is 0.243 e. The number of benzene rings is 1. The number of piperidine rings is 1. The Morgan fingerprint density at radius 2 is 1.62 bits per heavy atom. The average Bonchev–Trinajstić information content (AvgIpc) is 2.55. The van der Waals surface area contributed by atoms with Crippen LogP contribution in [0.25, 0.3) is 0 Å². The first kappa shape index (κ1) is 19.2. The summed E-state index contributed by atoms with van der Waals surface area (Å²) in [7, 11) is -6.71. The smallest absolute Gasteiger partial charge is 0.243 e. The molecule has 0 spiro atoms. The molecule has 6 nitrogen and oxygen atoms in total. The SMILES string of the molecule is CCS(=O)(=O)C1CCN(S(=O)(=O)c2ccc(OC(C)C)cc2)CC1. The van der Waals surface area contributed by atoms with Gasteiger partial charge in [0, 0.05) is 18.8 Å². The van der Waals surface area contributed by atoms with E-state index in [0.29, 0.717) is 18.6 Å². The Balaban J connectivity index is 2.09. The maximum atomic E-state index is 12.7. The van der Waals surface area contributed by atoms with Gasteiger partial charge in [0.05, 0.1) is 16.2 Å². The van der Waals surface area contributed by atoms with E-state index >= 15 is 0 Å². The molecule has 2 rings (SSSR count). The highest BCUT2D eigenvalue weighted by Crippen LogP contribution is 2.25. The molecule has 1 aliphatic rings. The third-order valence-corrected chi connectivity index (χ3v) is 8.35. The van der Waals surface area contributed by atoms with Crippen molar-refractivity contribution in [1.82, 2.24) is 4.31 Å². The molecule has 0 amide bonds. The highest BCUT2D eigenvalue weighted by molar-refractivity contribution is 7.92. The monoisotopic (exact) mass is 375 g/mol. The largest absolute Gasteiger partial charge is 0.491 e. The van der Waals surface area contributed by atoms with Gasteiger partial charge in [0.2, 0.25) is 10.0 Å². The Bertz CT molecular complexity index is 746. The molecule has 0 unspecified atom stereocenters. The molecule has 1 aliphatic heterocycles. The molecule has 1 aromatic carbocycles. The molecule has 0 saturated carbocycles. The van der Waals surface area contributed by atoms with E-state index in [4.69, 9.17) is 4.74 Å². The van der Waals surface area contributed by atoms with Gasteiger partial charge in [-0.1, -0.05) is 6.92 Å². The second-order valence-corrected chi connectivity index (χ2v) is 10.7. The number of sulfone groups is 1. The molecular formula is C16H25NO5S2. The fourth-order valence-electron chi connectivity index (χ4n) is 2.78. The lowest BCUT2D eigenvalue weighted by Crippen LogP contribution is -2.42. The van der Waals surface area contributed by atoms with Gasteiger partial charge in [-0.05, 0) is 51.0 Å². The van der Waals surface area contributed by atoms with Crippen molar-refractivity contribution in [2.45, 2.75) is 49.9 Å². The average molecular weight is 376 g/mol. The minimum absolute atomic E-state index is 0.0204. The van der Waals surface area contributed by atoms with Gasteiger partial charge in [0.1, 0.15) is 5.75 Å². The van der Waals surface area contributed by atoms with Gasteiger partial charge in [-0.2, -0.15) is 4.31 Å². The highest BCUT2D eigenvalue weighted by atomic mass is 32.2. The third kappa shape index (κ3) is 4.29. The normalized spacial score (nSPS) is 18.0. The number of nitrogens with zero attached hydrogens (tertiary/aromatic N) is 1. The van der Waals surface area contributed by atoms with Crippen LogP contribution in [0.4, 0.5) is 0 Å². The van der Waals surface area contributed by atoms with E-state index in [2.05, 4.69) is 0 Å². The number of sulfonamides is 1. The Morgan fingerprint density at radius 3 is 2.08 bits per heavy atom. The second-order valence-electron chi connectivity index (χ2n) is 6.19. The van der Waals surface area contributed by atoms with Crippen LogP contribution in [-0.2, 0) is 19.9 Å². The second kappa shape index (κ2) is 7.41. The minimum Gasteiger partial charge on any atom is -0.491 e. The highest BCUT2D eigenvalue weighted by Gasteiger charge is 2.34. The van der Waals surface area contributed by atoms with Crippen molar-refractivity contribution in [1.29, 1.82) is 0 Å². The lowest BCUT2D eigenvalue weighted by Gasteiger charge is -2.30. The fraction of sp³-hybridized carbons (Fsp3) is 0.625. The summed E-state index contributed by atoms with van der Waals surface area (Å²) in [6, 6.07) is 6.34. The molecular weight excluding hydrogens is 350 g/mol. The summed E-state index contributed by atoms with van der Waals surface area (Å²) in [6.07, 6.45) is 0.723. The summed E-state index contributed by atoms with van der Waals surface area (Å²) in [6.45, 7) is 5.89. The number of hydrogen-bond acceptors (Lipinski definition) is 5. The number of hydrogen-bond donors (Lipinski definition) is 0. The zero-order valence-electron chi connectivity index (χ0n) is 14.3. The van der Waals surface area contributed by atoms with Crippen molar-refractivity contribution < 1.29 is 21.6 Å². The first-order chi connectivity index (χ1) is 11.2. The first-order valence-corrected chi connectivity index (χ1v) is 11.3. The lowest BCUT2D eigenvalue weighted by atomic mass is 10.2. The van der Waals surface area contributed by atoms with E-state index in [0.717, 1.165) is 0 Å². The van der Waals surface area contributed by atoms with Crippen LogP contribution in [0.15, 0.2) is 29.2 Å². The van der Waals surface area contributed by atoms with Gasteiger partial charge < -0.3 is 4.74 Å². The summed E-state index contributed by atoms with van der Waals surface area (Å²) < 4.78 is 56.1. The molecule has 8 heteroatoms. The lowest BCUT2D eigenvalue weighted by molar-refractivity contribution is 0.242. The zero-order valence-corrected chi connectivity index (χ0v) is 15.9. The molecule has 0 atom stereocenters. The van der Waals surface area contributed by atoms with Crippen LogP contribution < -0.4 is 4.74 Å². The molecule has 1 saturated heterocycles. The Kier molecular flexibility index (Phi) is 5.93.